The van der Waals surface area contributed by atoms with E-state index in [4.69, 9.17) is 9.47 Å². The summed E-state index contributed by atoms with van der Waals surface area (Å²) in [5.74, 6) is 0.277. The summed E-state index contributed by atoms with van der Waals surface area (Å²) in [7, 11) is 0. The van der Waals surface area contributed by atoms with Crippen LogP contribution in [0.15, 0.2) is 29.5 Å². The number of hydrogen-bond acceptors (Lipinski definition) is 10. The maximum absolute atomic E-state index is 13.3. The Balaban J connectivity index is 1.61. The SMILES string of the molecule is CCCOCCn1c(=O)c(NCCN2CCOCC2)nc2ncc(-c3cnc(O)nc3)cc21. The lowest BCUT2D eigenvalue weighted by Crippen LogP contribution is -2.39. The van der Waals surface area contributed by atoms with Crippen LogP contribution in [0.1, 0.15) is 13.3 Å². The molecule has 1 fully saturated rings. The van der Waals surface area contributed by atoms with Crippen molar-refractivity contribution < 1.29 is 14.6 Å². The molecule has 33 heavy (non-hydrogen) atoms. The Morgan fingerprint density at radius 1 is 1.09 bits per heavy atom. The second kappa shape index (κ2) is 11.1. The van der Waals surface area contributed by atoms with Gasteiger partial charge in [0.1, 0.15) is 0 Å². The summed E-state index contributed by atoms with van der Waals surface area (Å²) in [5.41, 5.74) is 2.24. The van der Waals surface area contributed by atoms with Crippen molar-refractivity contribution in [2.24, 2.45) is 0 Å². The van der Waals surface area contributed by atoms with E-state index in [-0.39, 0.29) is 17.4 Å². The molecule has 0 unspecified atom stereocenters. The number of nitrogens with one attached hydrogen (secondary N) is 1. The minimum absolute atomic E-state index is 0.217. The molecule has 0 aliphatic carbocycles. The van der Waals surface area contributed by atoms with E-state index in [9.17, 15) is 9.90 Å². The van der Waals surface area contributed by atoms with Crippen LogP contribution in [-0.4, -0.2) is 87.1 Å². The number of fused-ring (bicyclic) bond motifs is 1. The summed E-state index contributed by atoms with van der Waals surface area (Å²) < 4.78 is 12.7. The fraction of sp³-hybridized carbons (Fsp3) is 0.500. The van der Waals surface area contributed by atoms with Gasteiger partial charge in [0.2, 0.25) is 0 Å². The minimum atomic E-state index is -0.299. The molecule has 4 heterocycles. The Kier molecular flexibility index (Phi) is 7.76. The molecule has 2 N–H and O–H groups in total. The first-order valence-corrected chi connectivity index (χ1v) is 11.2. The summed E-state index contributed by atoms with van der Waals surface area (Å²) in [6.07, 6.45) is 5.58. The molecule has 176 valence electrons. The van der Waals surface area contributed by atoms with E-state index in [2.05, 4.69) is 30.2 Å². The van der Waals surface area contributed by atoms with Crippen LogP contribution in [0, 0.1) is 0 Å². The fourth-order valence-corrected chi connectivity index (χ4v) is 3.65. The molecule has 3 aromatic rings. The van der Waals surface area contributed by atoms with Crippen molar-refractivity contribution in [1.29, 1.82) is 0 Å². The Labute approximate surface area is 191 Å². The molecule has 0 amide bonds. The quantitative estimate of drug-likeness (QED) is 0.429. The lowest BCUT2D eigenvalue weighted by Gasteiger charge is -2.26. The first kappa shape index (κ1) is 23.0. The first-order valence-electron chi connectivity index (χ1n) is 11.2. The summed E-state index contributed by atoms with van der Waals surface area (Å²) >= 11 is 0. The summed E-state index contributed by atoms with van der Waals surface area (Å²) in [6, 6.07) is 1.54. The topological polar surface area (TPSA) is 128 Å². The molecule has 0 aromatic carbocycles. The fourth-order valence-electron chi connectivity index (χ4n) is 3.65. The van der Waals surface area contributed by atoms with Gasteiger partial charge in [0.15, 0.2) is 11.5 Å². The van der Waals surface area contributed by atoms with Crippen LogP contribution in [0.2, 0.25) is 0 Å². The van der Waals surface area contributed by atoms with Gasteiger partial charge in [-0.3, -0.25) is 14.3 Å². The van der Waals surface area contributed by atoms with Crippen molar-refractivity contribution in [3.8, 4) is 17.1 Å². The van der Waals surface area contributed by atoms with Crippen LogP contribution in [0.25, 0.3) is 22.3 Å². The zero-order chi connectivity index (χ0) is 23.0. The van der Waals surface area contributed by atoms with Crippen molar-refractivity contribution in [3.05, 3.63) is 35.0 Å². The highest BCUT2D eigenvalue weighted by molar-refractivity contribution is 5.78. The van der Waals surface area contributed by atoms with Gasteiger partial charge in [0, 0.05) is 69.0 Å². The standard InChI is InChI=1S/C22H29N7O4/c1-2-8-32-11-7-29-18-12-16(17-14-25-22(31)26-15-17)13-24-19(18)27-20(21(29)30)23-3-4-28-5-9-33-10-6-28/h12-15H,2-11H2,1H3,(H,23,24,27)(H,25,26,31). The molecule has 3 aromatic heterocycles. The highest BCUT2D eigenvalue weighted by atomic mass is 16.5. The second-order valence-corrected chi connectivity index (χ2v) is 7.75. The smallest absolute Gasteiger partial charge is 0.313 e. The lowest BCUT2D eigenvalue weighted by atomic mass is 10.1. The van der Waals surface area contributed by atoms with Crippen LogP contribution < -0.4 is 10.9 Å². The first-order chi connectivity index (χ1) is 16.2. The number of morpholine rings is 1. The molecule has 1 saturated heterocycles. The zero-order valence-corrected chi connectivity index (χ0v) is 18.7. The number of anilines is 1. The van der Waals surface area contributed by atoms with Crippen LogP contribution in [0.3, 0.4) is 0 Å². The van der Waals surface area contributed by atoms with Gasteiger partial charge in [0.25, 0.3) is 5.56 Å². The summed E-state index contributed by atoms with van der Waals surface area (Å²) in [4.78, 5) is 32.2. The number of ether oxygens (including phenoxy) is 2. The Hall–Kier alpha value is -3.15. The highest BCUT2D eigenvalue weighted by Gasteiger charge is 2.15. The minimum Gasteiger partial charge on any atom is -0.479 e. The predicted molar refractivity (Wildman–Crippen MR) is 123 cm³/mol. The molecule has 0 bridgehead atoms. The third-order valence-corrected chi connectivity index (χ3v) is 5.41. The maximum atomic E-state index is 13.3. The molecule has 0 radical (unpaired) electrons. The van der Waals surface area contributed by atoms with Crippen molar-refractivity contribution in [2.45, 2.75) is 19.9 Å². The van der Waals surface area contributed by atoms with Gasteiger partial charge in [-0.1, -0.05) is 6.92 Å². The number of pyridine rings is 1. The molecular formula is C22H29N7O4. The predicted octanol–water partition coefficient (Wildman–Crippen LogP) is 1.12. The number of aromatic hydroxyl groups is 1. The molecule has 0 atom stereocenters. The Morgan fingerprint density at radius 3 is 2.61 bits per heavy atom. The van der Waals surface area contributed by atoms with Gasteiger partial charge in [-0.25, -0.2) is 19.9 Å². The Morgan fingerprint density at radius 2 is 1.85 bits per heavy atom. The van der Waals surface area contributed by atoms with E-state index in [1.807, 2.05) is 13.0 Å². The molecule has 11 heteroatoms. The number of nitrogens with zero attached hydrogens (tertiary/aromatic N) is 6. The van der Waals surface area contributed by atoms with Crippen LogP contribution in [0.4, 0.5) is 5.82 Å². The van der Waals surface area contributed by atoms with E-state index in [0.717, 1.165) is 44.8 Å². The Bertz CT molecular complexity index is 1110. The summed E-state index contributed by atoms with van der Waals surface area (Å²) in [5, 5.41) is 12.5. The maximum Gasteiger partial charge on any atom is 0.313 e. The number of rotatable bonds is 10. The average molecular weight is 456 g/mol. The normalized spacial score (nSPS) is 14.6. The van der Waals surface area contributed by atoms with Crippen LogP contribution in [-0.2, 0) is 16.0 Å². The monoisotopic (exact) mass is 455 g/mol. The van der Waals surface area contributed by atoms with E-state index >= 15 is 0 Å². The van der Waals surface area contributed by atoms with Crippen molar-refractivity contribution >= 4 is 17.0 Å². The molecular weight excluding hydrogens is 426 g/mol. The van der Waals surface area contributed by atoms with Gasteiger partial charge < -0.3 is 19.9 Å². The van der Waals surface area contributed by atoms with E-state index < -0.39 is 0 Å². The molecule has 1 aliphatic heterocycles. The lowest BCUT2D eigenvalue weighted by molar-refractivity contribution is 0.0398. The number of aromatic nitrogens is 5. The van der Waals surface area contributed by atoms with E-state index in [1.165, 1.54) is 12.4 Å². The van der Waals surface area contributed by atoms with E-state index in [0.29, 0.717) is 43.0 Å². The van der Waals surface area contributed by atoms with Gasteiger partial charge >= 0.3 is 6.01 Å². The van der Waals surface area contributed by atoms with Crippen molar-refractivity contribution in [1.82, 2.24) is 29.4 Å². The molecule has 11 nitrogen and oxygen atoms in total. The summed E-state index contributed by atoms with van der Waals surface area (Å²) in [6.45, 7) is 8.11. The van der Waals surface area contributed by atoms with Gasteiger partial charge in [-0.15, -0.1) is 0 Å². The van der Waals surface area contributed by atoms with Gasteiger partial charge in [-0.2, -0.15) is 0 Å². The molecule has 0 spiro atoms. The third kappa shape index (κ3) is 5.81. The van der Waals surface area contributed by atoms with Gasteiger partial charge in [0.05, 0.1) is 25.3 Å². The van der Waals surface area contributed by atoms with Crippen LogP contribution in [0.5, 0.6) is 6.01 Å². The molecule has 1 aliphatic rings. The second-order valence-electron chi connectivity index (χ2n) is 7.75. The highest BCUT2D eigenvalue weighted by Crippen LogP contribution is 2.21. The molecule has 0 saturated carbocycles. The van der Waals surface area contributed by atoms with E-state index in [1.54, 1.807) is 10.8 Å². The average Bonchev–Trinajstić information content (AvgIpc) is 2.84. The zero-order valence-electron chi connectivity index (χ0n) is 18.7. The third-order valence-electron chi connectivity index (χ3n) is 5.41. The largest absolute Gasteiger partial charge is 0.479 e. The van der Waals surface area contributed by atoms with Crippen LogP contribution >= 0.6 is 0 Å². The van der Waals surface area contributed by atoms with Gasteiger partial charge in [-0.05, 0) is 12.5 Å². The number of hydrogen-bond donors (Lipinski definition) is 2. The van der Waals surface area contributed by atoms with Crippen molar-refractivity contribution in [3.63, 3.8) is 0 Å². The van der Waals surface area contributed by atoms with Crippen molar-refractivity contribution in [2.75, 3.05) is 57.9 Å². The molecule has 4 rings (SSSR count).